The lowest BCUT2D eigenvalue weighted by Gasteiger charge is -2.13. The first kappa shape index (κ1) is 17.4. The molecule has 134 valence electrons. The van der Waals surface area contributed by atoms with E-state index in [1.807, 2.05) is 0 Å². The number of thioether (sulfide) groups is 1. The lowest BCUT2D eigenvalue weighted by atomic mass is 10.2. The van der Waals surface area contributed by atoms with E-state index in [2.05, 4.69) is 15.3 Å². The van der Waals surface area contributed by atoms with E-state index in [-0.39, 0.29) is 5.69 Å². The number of hydrogen-bond acceptors (Lipinski definition) is 5. The molecule has 1 amide bonds. The van der Waals surface area contributed by atoms with E-state index < -0.39 is 22.8 Å². The number of carbonyl (C=O) groups is 1. The summed E-state index contributed by atoms with van der Waals surface area (Å²) in [7, 11) is 0. The summed E-state index contributed by atoms with van der Waals surface area (Å²) < 4.78 is 27.0. The normalized spacial score (nSPS) is 14.4. The van der Waals surface area contributed by atoms with E-state index in [9.17, 15) is 13.6 Å². The van der Waals surface area contributed by atoms with Crippen molar-refractivity contribution in [1.29, 1.82) is 0 Å². The Labute approximate surface area is 157 Å². The van der Waals surface area contributed by atoms with Gasteiger partial charge in [-0.2, -0.15) is 0 Å². The molecule has 1 N–H and O–H groups in total. The van der Waals surface area contributed by atoms with Crippen LogP contribution in [0.3, 0.4) is 0 Å². The highest BCUT2D eigenvalue weighted by atomic mass is 32.2. The van der Waals surface area contributed by atoms with Crippen LogP contribution < -0.4 is 5.32 Å². The number of benzene rings is 1. The van der Waals surface area contributed by atoms with Gasteiger partial charge in [0.2, 0.25) is 5.91 Å². The summed E-state index contributed by atoms with van der Waals surface area (Å²) in [5, 5.41) is 3.72. The molecule has 8 heteroatoms. The average molecular weight is 391 g/mol. The maximum Gasteiger partial charge on any atom is 0.237 e. The monoisotopic (exact) mass is 391 g/mol. The first-order valence-electron chi connectivity index (χ1n) is 8.20. The zero-order chi connectivity index (χ0) is 18.3. The van der Waals surface area contributed by atoms with E-state index in [1.165, 1.54) is 28.5 Å². The molecule has 1 aromatic carbocycles. The van der Waals surface area contributed by atoms with Crippen LogP contribution in [-0.4, -0.2) is 21.1 Å². The summed E-state index contributed by atoms with van der Waals surface area (Å²) in [6, 6.07) is 2.97. The lowest BCUT2D eigenvalue weighted by molar-refractivity contribution is -0.115. The van der Waals surface area contributed by atoms with Gasteiger partial charge >= 0.3 is 0 Å². The van der Waals surface area contributed by atoms with Gasteiger partial charge in [0.05, 0.1) is 10.9 Å². The topological polar surface area (TPSA) is 54.9 Å². The number of thiophene rings is 1. The molecule has 1 aliphatic carbocycles. The second-order valence-corrected chi connectivity index (χ2v) is 8.50. The molecule has 4 nitrogen and oxygen atoms in total. The predicted octanol–water partition coefficient (Wildman–Crippen LogP) is 4.58. The quantitative estimate of drug-likeness (QED) is 0.523. The molecule has 0 saturated carbocycles. The molecule has 2 aromatic heterocycles. The van der Waals surface area contributed by atoms with Crippen molar-refractivity contribution in [3.63, 3.8) is 0 Å². The summed E-state index contributed by atoms with van der Waals surface area (Å²) >= 11 is 2.99. The van der Waals surface area contributed by atoms with Crippen molar-refractivity contribution >= 4 is 44.9 Å². The predicted molar refractivity (Wildman–Crippen MR) is 99.7 cm³/mol. The average Bonchev–Trinajstić information content (AvgIpc) is 3.19. The number of nitrogens with one attached hydrogen (secondary N) is 1. The third-order valence-electron chi connectivity index (χ3n) is 4.31. The van der Waals surface area contributed by atoms with Crippen molar-refractivity contribution in [3.8, 4) is 0 Å². The SMILES string of the molecule is CC(Sc1ncnc2sc3c(c12)CCC3)C(=O)Nc1cc(F)ccc1F. The number of hydrogen-bond donors (Lipinski definition) is 1. The highest BCUT2D eigenvalue weighted by Crippen LogP contribution is 2.40. The van der Waals surface area contributed by atoms with E-state index in [4.69, 9.17) is 0 Å². The number of aromatic nitrogens is 2. The van der Waals surface area contributed by atoms with Gasteiger partial charge in [-0.25, -0.2) is 18.7 Å². The van der Waals surface area contributed by atoms with Crippen LogP contribution in [-0.2, 0) is 17.6 Å². The number of carbonyl (C=O) groups excluding carboxylic acids is 1. The maximum atomic E-state index is 13.7. The van der Waals surface area contributed by atoms with E-state index in [1.54, 1.807) is 18.3 Å². The second kappa shape index (κ2) is 6.92. The van der Waals surface area contributed by atoms with Crippen LogP contribution in [0.2, 0.25) is 0 Å². The molecule has 1 atom stereocenters. The van der Waals surface area contributed by atoms with Gasteiger partial charge in [-0.3, -0.25) is 4.79 Å². The van der Waals surface area contributed by atoms with E-state index >= 15 is 0 Å². The number of halogens is 2. The number of aryl methyl sites for hydroxylation is 2. The Morgan fingerprint density at radius 3 is 3.00 bits per heavy atom. The zero-order valence-corrected chi connectivity index (χ0v) is 15.5. The van der Waals surface area contributed by atoms with Crippen molar-refractivity contribution < 1.29 is 13.6 Å². The molecule has 0 spiro atoms. The molecule has 0 bridgehead atoms. The Morgan fingerprint density at radius 2 is 2.15 bits per heavy atom. The summed E-state index contributed by atoms with van der Waals surface area (Å²) in [5.41, 5.74) is 1.13. The fourth-order valence-electron chi connectivity index (χ4n) is 3.04. The van der Waals surface area contributed by atoms with Crippen molar-refractivity contribution in [1.82, 2.24) is 9.97 Å². The van der Waals surface area contributed by atoms with Crippen LogP contribution in [0.25, 0.3) is 10.2 Å². The largest absolute Gasteiger partial charge is 0.323 e. The molecule has 2 heterocycles. The van der Waals surface area contributed by atoms with Crippen molar-refractivity contribution in [2.75, 3.05) is 5.32 Å². The van der Waals surface area contributed by atoms with Crippen molar-refractivity contribution in [2.45, 2.75) is 36.5 Å². The van der Waals surface area contributed by atoms with Gasteiger partial charge in [-0.05, 0) is 43.9 Å². The highest BCUT2D eigenvalue weighted by Gasteiger charge is 2.24. The Morgan fingerprint density at radius 1 is 1.31 bits per heavy atom. The third kappa shape index (κ3) is 3.19. The van der Waals surface area contributed by atoms with Crippen LogP contribution in [0, 0.1) is 11.6 Å². The number of fused-ring (bicyclic) bond motifs is 3. The Bertz CT molecular complexity index is 1010. The maximum absolute atomic E-state index is 13.7. The smallest absolute Gasteiger partial charge is 0.237 e. The van der Waals surface area contributed by atoms with E-state index in [0.29, 0.717) is 0 Å². The summed E-state index contributed by atoms with van der Waals surface area (Å²) in [4.78, 5) is 23.4. The van der Waals surface area contributed by atoms with Crippen LogP contribution in [0.1, 0.15) is 23.8 Å². The van der Waals surface area contributed by atoms with Gasteiger partial charge in [-0.1, -0.05) is 11.8 Å². The molecule has 26 heavy (non-hydrogen) atoms. The molecule has 1 unspecified atom stereocenters. The number of anilines is 1. The molecular formula is C18H15F2N3OS2. The van der Waals surface area contributed by atoms with Crippen LogP contribution >= 0.6 is 23.1 Å². The number of rotatable bonds is 4. The van der Waals surface area contributed by atoms with Crippen LogP contribution in [0.15, 0.2) is 29.6 Å². The summed E-state index contributed by atoms with van der Waals surface area (Å²) in [5.74, 6) is -1.68. The molecule has 0 fully saturated rings. The molecule has 0 saturated heterocycles. The summed E-state index contributed by atoms with van der Waals surface area (Å²) in [6.07, 6.45) is 4.71. The minimum Gasteiger partial charge on any atom is -0.323 e. The van der Waals surface area contributed by atoms with Crippen molar-refractivity contribution in [3.05, 3.63) is 46.6 Å². The Hall–Kier alpha value is -2.06. The second-order valence-electron chi connectivity index (χ2n) is 6.09. The fraction of sp³-hybridized carbons (Fsp3) is 0.278. The molecule has 0 radical (unpaired) electrons. The Balaban J connectivity index is 1.56. The molecule has 1 aliphatic rings. The zero-order valence-electron chi connectivity index (χ0n) is 13.9. The van der Waals surface area contributed by atoms with Gasteiger partial charge in [-0.15, -0.1) is 11.3 Å². The van der Waals surface area contributed by atoms with Gasteiger partial charge in [0, 0.05) is 16.3 Å². The van der Waals surface area contributed by atoms with Crippen LogP contribution in [0.5, 0.6) is 0 Å². The standard InChI is InChI=1S/C18H15F2N3OS2/c1-9(16(24)23-13-7-10(19)5-6-12(13)20)25-17-15-11-3-2-4-14(11)26-18(15)22-8-21-17/h5-9H,2-4H2,1H3,(H,23,24). The number of nitrogens with zero attached hydrogens (tertiary/aromatic N) is 2. The first-order valence-corrected chi connectivity index (χ1v) is 9.90. The van der Waals surface area contributed by atoms with Crippen LogP contribution in [0.4, 0.5) is 14.5 Å². The number of amides is 1. The molecule has 3 aromatic rings. The van der Waals surface area contributed by atoms with E-state index in [0.717, 1.165) is 52.7 Å². The van der Waals surface area contributed by atoms with Gasteiger partial charge in [0.15, 0.2) is 0 Å². The van der Waals surface area contributed by atoms with Gasteiger partial charge in [0.1, 0.15) is 27.8 Å². The minimum atomic E-state index is -0.669. The van der Waals surface area contributed by atoms with Gasteiger partial charge < -0.3 is 5.32 Å². The fourth-order valence-corrected chi connectivity index (χ4v) is 5.28. The molecule has 4 rings (SSSR count). The minimum absolute atomic E-state index is 0.160. The molecule has 0 aliphatic heterocycles. The summed E-state index contributed by atoms with van der Waals surface area (Å²) in [6.45, 7) is 1.72. The van der Waals surface area contributed by atoms with Gasteiger partial charge in [0.25, 0.3) is 0 Å². The Kier molecular flexibility index (Phi) is 4.62. The highest BCUT2D eigenvalue weighted by molar-refractivity contribution is 8.00. The van der Waals surface area contributed by atoms with Crippen molar-refractivity contribution in [2.24, 2.45) is 0 Å². The first-order chi connectivity index (χ1) is 12.5. The lowest BCUT2D eigenvalue weighted by Crippen LogP contribution is -2.23. The third-order valence-corrected chi connectivity index (χ3v) is 6.61. The molecular weight excluding hydrogens is 376 g/mol.